The molecule has 9 nitrogen and oxygen atoms in total. The Labute approximate surface area is 155 Å². The minimum atomic E-state index is -0.551. The first-order valence-electron chi connectivity index (χ1n) is 8.39. The number of benzene rings is 1. The van der Waals surface area contributed by atoms with Crippen molar-refractivity contribution in [1.82, 2.24) is 19.6 Å². The van der Waals surface area contributed by atoms with Gasteiger partial charge in [0.25, 0.3) is 0 Å². The molecular formula is C18H20N6O3. The summed E-state index contributed by atoms with van der Waals surface area (Å²) in [6, 6.07) is 8.20. The van der Waals surface area contributed by atoms with Gasteiger partial charge in [0.1, 0.15) is 18.9 Å². The van der Waals surface area contributed by atoms with Gasteiger partial charge in [-0.15, -0.1) is 0 Å². The number of carbonyl (C=O) groups excluding carboxylic acids is 1. The minimum absolute atomic E-state index is 0.115. The molecule has 0 fully saturated rings. The Morgan fingerprint density at radius 2 is 1.93 bits per heavy atom. The topological polar surface area (TPSA) is 108 Å². The number of hydrogen-bond acceptors (Lipinski definition) is 5. The molecule has 1 amide bonds. The van der Waals surface area contributed by atoms with E-state index in [1.54, 1.807) is 0 Å². The predicted octanol–water partition coefficient (Wildman–Crippen LogP) is 2.60. The maximum atomic E-state index is 12.3. The van der Waals surface area contributed by atoms with Crippen molar-refractivity contribution >= 4 is 17.3 Å². The molecule has 140 valence electrons. The van der Waals surface area contributed by atoms with Crippen molar-refractivity contribution in [3.05, 3.63) is 69.3 Å². The number of aryl methyl sites for hydroxylation is 2. The lowest BCUT2D eigenvalue weighted by Crippen LogP contribution is -2.19. The van der Waals surface area contributed by atoms with Crippen molar-refractivity contribution in [2.45, 2.75) is 33.9 Å². The highest BCUT2D eigenvalue weighted by molar-refractivity contribution is 5.91. The summed E-state index contributed by atoms with van der Waals surface area (Å²) < 4.78 is 3.07. The van der Waals surface area contributed by atoms with Crippen LogP contribution in [0.15, 0.2) is 36.7 Å². The third-order valence-electron chi connectivity index (χ3n) is 4.23. The molecule has 0 aliphatic rings. The summed E-state index contributed by atoms with van der Waals surface area (Å²) >= 11 is 0. The molecule has 0 unspecified atom stereocenters. The highest BCUT2D eigenvalue weighted by Crippen LogP contribution is 2.21. The van der Waals surface area contributed by atoms with Crippen LogP contribution in [0, 0.1) is 30.9 Å². The standard InChI is InChI=1S/C18H20N6O3/c1-12-4-6-15(7-5-12)9-23-14(3)18(13(2)21-23)20-17(25)11-22-10-16(8-19-22)24(26)27/h4-8,10H,9,11H2,1-3H3,(H,20,25). The van der Waals surface area contributed by atoms with Crippen molar-refractivity contribution in [1.29, 1.82) is 0 Å². The number of nitrogens with one attached hydrogen (secondary N) is 1. The molecule has 0 aliphatic carbocycles. The van der Waals surface area contributed by atoms with Crippen LogP contribution in [0.4, 0.5) is 11.4 Å². The van der Waals surface area contributed by atoms with Crippen LogP contribution in [0.2, 0.25) is 0 Å². The first-order valence-corrected chi connectivity index (χ1v) is 8.39. The number of aromatic nitrogens is 4. The maximum absolute atomic E-state index is 12.3. The van der Waals surface area contributed by atoms with Gasteiger partial charge in [-0.05, 0) is 26.3 Å². The monoisotopic (exact) mass is 368 g/mol. The fraction of sp³-hybridized carbons (Fsp3) is 0.278. The van der Waals surface area contributed by atoms with Crippen LogP contribution in [0.1, 0.15) is 22.5 Å². The Hall–Kier alpha value is -3.49. The Balaban J connectivity index is 1.70. The van der Waals surface area contributed by atoms with E-state index in [0.717, 1.165) is 17.5 Å². The van der Waals surface area contributed by atoms with E-state index in [-0.39, 0.29) is 18.1 Å². The molecule has 0 atom stereocenters. The number of rotatable bonds is 6. The van der Waals surface area contributed by atoms with Crippen molar-refractivity contribution in [3.63, 3.8) is 0 Å². The van der Waals surface area contributed by atoms with Crippen molar-refractivity contribution < 1.29 is 9.72 Å². The van der Waals surface area contributed by atoms with Gasteiger partial charge in [0, 0.05) is 0 Å². The lowest BCUT2D eigenvalue weighted by Gasteiger charge is -2.08. The average Bonchev–Trinajstić information content (AvgIpc) is 3.18. The molecule has 0 aliphatic heterocycles. The number of carbonyl (C=O) groups is 1. The lowest BCUT2D eigenvalue weighted by atomic mass is 10.1. The quantitative estimate of drug-likeness (QED) is 0.531. The second-order valence-electron chi connectivity index (χ2n) is 6.39. The zero-order valence-corrected chi connectivity index (χ0v) is 15.3. The number of anilines is 1. The first-order chi connectivity index (χ1) is 12.8. The summed E-state index contributed by atoms with van der Waals surface area (Å²) in [6.45, 7) is 6.24. The minimum Gasteiger partial charge on any atom is -0.321 e. The highest BCUT2D eigenvalue weighted by atomic mass is 16.6. The fourth-order valence-electron chi connectivity index (χ4n) is 2.76. The molecule has 0 bridgehead atoms. The summed E-state index contributed by atoms with van der Waals surface area (Å²) in [6.07, 6.45) is 2.34. The van der Waals surface area contributed by atoms with E-state index < -0.39 is 4.92 Å². The highest BCUT2D eigenvalue weighted by Gasteiger charge is 2.16. The summed E-state index contributed by atoms with van der Waals surface area (Å²) in [5, 5.41) is 21.9. The van der Waals surface area contributed by atoms with Crippen LogP contribution in [-0.2, 0) is 17.9 Å². The molecule has 2 heterocycles. The molecule has 3 aromatic rings. The Morgan fingerprint density at radius 3 is 2.56 bits per heavy atom. The van der Waals surface area contributed by atoms with Crippen LogP contribution < -0.4 is 5.32 Å². The summed E-state index contributed by atoms with van der Waals surface area (Å²) in [5.41, 5.74) is 4.36. The van der Waals surface area contributed by atoms with Gasteiger partial charge in [0.05, 0.1) is 28.5 Å². The number of amides is 1. The van der Waals surface area contributed by atoms with Crippen LogP contribution in [0.3, 0.4) is 0 Å². The van der Waals surface area contributed by atoms with Crippen molar-refractivity contribution in [2.24, 2.45) is 0 Å². The molecule has 1 N–H and O–H groups in total. The molecule has 1 aromatic carbocycles. The van der Waals surface area contributed by atoms with Crippen LogP contribution in [0.25, 0.3) is 0 Å². The van der Waals surface area contributed by atoms with Crippen LogP contribution in [0.5, 0.6) is 0 Å². The molecule has 0 saturated heterocycles. The molecule has 27 heavy (non-hydrogen) atoms. The SMILES string of the molecule is Cc1ccc(Cn2nc(C)c(NC(=O)Cn3cc([N+](=O)[O-])cn3)c2C)cc1. The molecule has 3 rings (SSSR count). The van der Waals surface area contributed by atoms with Gasteiger partial charge >= 0.3 is 5.69 Å². The molecule has 9 heteroatoms. The molecule has 0 saturated carbocycles. The van der Waals surface area contributed by atoms with Gasteiger partial charge in [0.2, 0.25) is 5.91 Å². The number of hydrogen-bond donors (Lipinski definition) is 1. The molecule has 0 spiro atoms. The zero-order valence-electron chi connectivity index (χ0n) is 15.3. The third-order valence-corrected chi connectivity index (χ3v) is 4.23. The molecule has 0 radical (unpaired) electrons. The summed E-state index contributed by atoms with van der Waals surface area (Å²) in [5.74, 6) is -0.325. The number of nitrogens with zero attached hydrogens (tertiary/aromatic N) is 5. The average molecular weight is 368 g/mol. The second kappa shape index (κ2) is 7.40. The van der Waals surface area contributed by atoms with Crippen molar-refractivity contribution in [2.75, 3.05) is 5.32 Å². The number of nitro groups is 1. The van der Waals surface area contributed by atoms with E-state index in [1.165, 1.54) is 16.4 Å². The van der Waals surface area contributed by atoms with E-state index >= 15 is 0 Å². The lowest BCUT2D eigenvalue weighted by molar-refractivity contribution is -0.385. The Kier molecular flexibility index (Phi) is 5.02. The normalized spacial score (nSPS) is 10.8. The van der Waals surface area contributed by atoms with E-state index in [1.807, 2.05) is 37.6 Å². The van der Waals surface area contributed by atoms with Gasteiger partial charge < -0.3 is 5.32 Å². The summed E-state index contributed by atoms with van der Waals surface area (Å²) in [7, 11) is 0. The smallest absolute Gasteiger partial charge is 0.307 e. The Morgan fingerprint density at radius 1 is 1.22 bits per heavy atom. The van der Waals surface area contributed by atoms with Crippen LogP contribution in [-0.4, -0.2) is 30.4 Å². The zero-order chi connectivity index (χ0) is 19.6. The summed E-state index contributed by atoms with van der Waals surface area (Å²) in [4.78, 5) is 22.4. The van der Waals surface area contributed by atoms with Gasteiger partial charge in [0.15, 0.2) is 0 Å². The van der Waals surface area contributed by atoms with Crippen molar-refractivity contribution in [3.8, 4) is 0 Å². The predicted molar refractivity (Wildman–Crippen MR) is 99.5 cm³/mol. The largest absolute Gasteiger partial charge is 0.321 e. The fourth-order valence-corrected chi connectivity index (χ4v) is 2.76. The van der Waals surface area contributed by atoms with Crippen LogP contribution >= 0.6 is 0 Å². The van der Waals surface area contributed by atoms with Gasteiger partial charge in [-0.2, -0.15) is 10.2 Å². The maximum Gasteiger partial charge on any atom is 0.307 e. The van der Waals surface area contributed by atoms with E-state index in [0.29, 0.717) is 17.9 Å². The third kappa shape index (κ3) is 4.20. The first kappa shape index (κ1) is 18.3. The van der Waals surface area contributed by atoms with E-state index in [4.69, 9.17) is 0 Å². The van der Waals surface area contributed by atoms with Gasteiger partial charge in [-0.25, -0.2) is 0 Å². The molecular weight excluding hydrogens is 348 g/mol. The Bertz CT molecular complexity index is 987. The van der Waals surface area contributed by atoms with Gasteiger partial charge in [-0.1, -0.05) is 29.8 Å². The van der Waals surface area contributed by atoms with E-state index in [2.05, 4.69) is 27.6 Å². The van der Waals surface area contributed by atoms with Gasteiger partial charge in [-0.3, -0.25) is 24.3 Å². The molecule has 2 aromatic heterocycles. The van der Waals surface area contributed by atoms with E-state index in [9.17, 15) is 14.9 Å². The second-order valence-corrected chi connectivity index (χ2v) is 6.39.